The zero-order valence-electron chi connectivity index (χ0n) is 13.3. The molecule has 0 aromatic carbocycles. The Bertz CT molecular complexity index is 602. The number of piperazine rings is 1. The van der Waals surface area contributed by atoms with Crippen LogP contribution in [0.5, 0.6) is 0 Å². The summed E-state index contributed by atoms with van der Waals surface area (Å²) in [5.74, 6) is 0. The minimum atomic E-state index is -3.45. The number of methoxy groups -OCH3 is 1. The average Bonchev–Trinajstić information content (AvgIpc) is 2.62. The Kier molecular flexibility index (Phi) is 5.27. The Balaban J connectivity index is 1.64. The Morgan fingerprint density at radius 2 is 2.09 bits per heavy atom. The van der Waals surface area contributed by atoms with Gasteiger partial charge >= 0.3 is 0 Å². The number of rotatable bonds is 4. The van der Waals surface area contributed by atoms with Gasteiger partial charge in [-0.25, -0.2) is 8.42 Å². The summed E-state index contributed by atoms with van der Waals surface area (Å²) in [5.41, 5.74) is 0. The number of hydrogen-bond donors (Lipinski definition) is 0. The van der Waals surface area contributed by atoms with Gasteiger partial charge in [0, 0.05) is 58.3 Å². The Hall–Kier alpha value is -1.06. The summed E-state index contributed by atoms with van der Waals surface area (Å²) in [5, 5.41) is 0. The zero-order chi connectivity index (χ0) is 16.3. The van der Waals surface area contributed by atoms with Crippen LogP contribution < -0.4 is 0 Å². The lowest BCUT2D eigenvalue weighted by Gasteiger charge is -2.43. The van der Waals surface area contributed by atoms with Gasteiger partial charge < -0.3 is 9.47 Å². The van der Waals surface area contributed by atoms with Gasteiger partial charge in [0.15, 0.2) is 0 Å². The van der Waals surface area contributed by atoms with Crippen LogP contribution in [0.1, 0.15) is 6.42 Å². The number of hydrogen-bond acceptors (Lipinski definition) is 6. The highest BCUT2D eigenvalue weighted by atomic mass is 32.2. The minimum Gasteiger partial charge on any atom is -0.379 e. The molecule has 2 aliphatic rings. The van der Waals surface area contributed by atoms with Crippen LogP contribution in [0.4, 0.5) is 0 Å². The van der Waals surface area contributed by atoms with E-state index >= 15 is 0 Å². The van der Waals surface area contributed by atoms with E-state index in [4.69, 9.17) is 9.47 Å². The van der Waals surface area contributed by atoms with Crippen LogP contribution >= 0.6 is 0 Å². The van der Waals surface area contributed by atoms with Crippen LogP contribution in [-0.2, 0) is 19.5 Å². The summed E-state index contributed by atoms with van der Waals surface area (Å²) >= 11 is 0. The molecular formula is C15H23N3O4S. The quantitative estimate of drug-likeness (QED) is 0.779. The Morgan fingerprint density at radius 1 is 1.30 bits per heavy atom. The van der Waals surface area contributed by atoms with Crippen LogP contribution in [0.15, 0.2) is 29.4 Å². The highest BCUT2D eigenvalue weighted by Crippen LogP contribution is 2.22. The first-order valence-electron chi connectivity index (χ1n) is 7.87. The normalized spacial score (nSPS) is 27.9. The van der Waals surface area contributed by atoms with Crippen molar-refractivity contribution in [3.63, 3.8) is 0 Å². The average molecular weight is 341 g/mol. The molecular weight excluding hydrogens is 318 g/mol. The summed E-state index contributed by atoms with van der Waals surface area (Å²) in [6.45, 7) is 3.75. The van der Waals surface area contributed by atoms with Gasteiger partial charge in [-0.3, -0.25) is 9.88 Å². The molecule has 0 amide bonds. The molecule has 0 N–H and O–H groups in total. The fourth-order valence-electron chi connectivity index (χ4n) is 3.27. The van der Waals surface area contributed by atoms with E-state index in [9.17, 15) is 8.42 Å². The third kappa shape index (κ3) is 3.56. The summed E-state index contributed by atoms with van der Waals surface area (Å²) in [4.78, 5) is 6.49. The molecule has 2 saturated heterocycles. The third-order valence-electron chi connectivity index (χ3n) is 4.59. The van der Waals surface area contributed by atoms with Gasteiger partial charge in [0.2, 0.25) is 10.0 Å². The third-order valence-corrected chi connectivity index (χ3v) is 6.47. The van der Waals surface area contributed by atoms with Crippen molar-refractivity contribution < 1.29 is 17.9 Å². The molecule has 0 saturated carbocycles. The number of pyridine rings is 1. The van der Waals surface area contributed by atoms with E-state index < -0.39 is 10.0 Å². The van der Waals surface area contributed by atoms with Crippen LogP contribution in [0.2, 0.25) is 0 Å². The van der Waals surface area contributed by atoms with E-state index in [1.807, 2.05) is 0 Å². The highest BCUT2D eigenvalue weighted by molar-refractivity contribution is 7.89. The summed E-state index contributed by atoms with van der Waals surface area (Å²) < 4.78 is 37.7. The standard InChI is InChI=1S/C15H23N3O4S/c1-21-15-12-22-10-4-14(15)17-6-8-18(9-7-17)23(19,20)13-3-2-5-16-11-13/h2-3,5,11,14-15H,4,6-10,12H2,1H3. The Morgan fingerprint density at radius 3 is 2.74 bits per heavy atom. The molecule has 0 bridgehead atoms. The molecule has 7 nitrogen and oxygen atoms in total. The SMILES string of the molecule is COC1COCCC1N1CCN(S(=O)(=O)c2cccnc2)CC1. The minimum absolute atomic E-state index is 0.0604. The lowest BCUT2D eigenvalue weighted by molar-refractivity contribution is -0.0872. The summed E-state index contributed by atoms with van der Waals surface area (Å²) in [7, 11) is -1.74. The molecule has 23 heavy (non-hydrogen) atoms. The second-order valence-electron chi connectivity index (χ2n) is 5.83. The second kappa shape index (κ2) is 7.23. The smallest absolute Gasteiger partial charge is 0.244 e. The van der Waals surface area contributed by atoms with Gasteiger partial charge in [0.1, 0.15) is 4.90 Å². The number of ether oxygens (including phenoxy) is 2. The van der Waals surface area contributed by atoms with Gasteiger partial charge in [-0.1, -0.05) is 0 Å². The molecule has 2 unspecified atom stereocenters. The van der Waals surface area contributed by atoms with E-state index in [0.29, 0.717) is 38.8 Å². The number of sulfonamides is 1. The van der Waals surface area contributed by atoms with Crippen molar-refractivity contribution in [1.82, 2.24) is 14.2 Å². The molecule has 3 rings (SSSR count). The van der Waals surface area contributed by atoms with Gasteiger partial charge in [-0.05, 0) is 18.6 Å². The molecule has 2 atom stereocenters. The predicted octanol–water partition coefficient (Wildman–Crippen LogP) is 0.192. The first kappa shape index (κ1) is 16.8. The zero-order valence-corrected chi connectivity index (χ0v) is 14.1. The largest absolute Gasteiger partial charge is 0.379 e. The topological polar surface area (TPSA) is 72.0 Å². The first-order valence-corrected chi connectivity index (χ1v) is 9.31. The van der Waals surface area contributed by atoms with Crippen molar-refractivity contribution in [2.45, 2.75) is 23.5 Å². The summed E-state index contributed by atoms with van der Waals surface area (Å²) in [6, 6.07) is 3.54. The molecule has 0 spiro atoms. The van der Waals surface area contributed by atoms with Crippen molar-refractivity contribution in [3.8, 4) is 0 Å². The molecule has 1 aromatic heterocycles. The van der Waals surface area contributed by atoms with Gasteiger partial charge in [-0.2, -0.15) is 4.31 Å². The van der Waals surface area contributed by atoms with Crippen molar-refractivity contribution in [2.24, 2.45) is 0 Å². The Labute approximate surface area is 137 Å². The maximum absolute atomic E-state index is 12.6. The fourth-order valence-corrected chi connectivity index (χ4v) is 4.65. The van der Waals surface area contributed by atoms with Gasteiger partial charge in [0.25, 0.3) is 0 Å². The van der Waals surface area contributed by atoms with Gasteiger partial charge in [0.05, 0.1) is 12.7 Å². The van der Waals surface area contributed by atoms with E-state index in [0.717, 1.165) is 13.0 Å². The molecule has 2 fully saturated rings. The van der Waals surface area contributed by atoms with Crippen molar-refractivity contribution >= 4 is 10.0 Å². The van der Waals surface area contributed by atoms with Gasteiger partial charge in [-0.15, -0.1) is 0 Å². The number of aromatic nitrogens is 1. The maximum atomic E-state index is 12.6. The first-order chi connectivity index (χ1) is 11.1. The van der Waals surface area contributed by atoms with Crippen molar-refractivity contribution in [3.05, 3.63) is 24.5 Å². The maximum Gasteiger partial charge on any atom is 0.244 e. The van der Waals surface area contributed by atoms with Crippen molar-refractivity contribution in [1.29, 1.82) is 0 Å². The lowest BCUT2D eigenvalue weighted by Crippen LogP contribution is -2.57. The van der Waals surface area contributed by atoms with Crippen LogP contribution in [0.3, 0.4) is 0 Å². The predicted molar refractivity (Wildman–Crippen MR) is 84.6 cm³/mol. The molecule has 0 aliphatic carbocycles. The molecule has 0 radical (unpaired) electrons. The molecule has 2 aliphatic heterocycles. The number of nitrogens with zero attached hydrogens (tertiary/aromatic N) is 3. The molecule has 3 heterocycles. The van der Waals surface area contributed by atoms with Crippen LogP contribution in [0, 0.1) is 0 Å². The monoisotopic (exact) mass is 341 g/mol. The van der Waals surface area contributed by atoms with E-state index in [2.05, 4.69) is 9.88 Å². The van der Waals surface area contributed by atoms with Crippen LogP contribution in [-0.4, -0.2) is 81.3 Å². The van der Waals surface area contributed by atoms with E-state index in [1.54, 1.807) is 29.7 Å². The highest BCUT2D eigenvalue weighted by Gasteiger charge is 2.35. The van der Waals surface area contributed by atoms with Crippen LogP contribution in [0.25, 0.3) is 0 Å². The lowest BCUT2D eigenvalue weighted by atomic mass is 10.0. The fraction of sp³-hybridized carbons (Fsp3) is 0.667. The molecule has 1 aromatic rings. The van der Waals surface area contributed by atoms with E-state index in [-0.39, 0.29) is 11.0 Å². The summed E-state index contributed by atoms with van der Waals surface area (Å²) in [6.07, 6.45) is 3.97. The molecule has 128 valence electrons. The van der Waals surface area contributed by atoms with E-state index in [1.165, 1.54) is 6.20 Å². The molecule has 8 heteroatoms. The second-order valence-corrected chi connectivity index (χ2v) is 7.77. The van der Waals surface area contributed by atoms with Crippen molar-refractivity contribution in [2.75, 3.05) is 46.5 Å².